The van der Waals surface area contributed by atoms with Gasteiger partial charge in [0.25, 0.3) is 0 Å². The largest absolute Gasteiger partial charge is 0.507 e. The van der Waals surface area contributed by atoms with Crippen molar-refractivity contribution in [2.75, 3.05) is 0 Å². The van der Waals surface area contributed by atoms with Gasteiger partial charge in [-0.05, 0) is 13.8 Å². The number of carbonyl (C=O) groups is 3. The number of benzene rings is 2. The molecule has 0 amide bonds. The predicted octanol–water partition coefficient (Wildman–Crippen LogP) is 1.39. The number of ketones is 3. The lowest BCUT2D eigenvalue weighted by atomic mass is 9.71. The molecule has 204 valence electrons. The minimum atomic E-state index is -2.68. The maximum atomic E-state index is 15.9. The molecule has 6 N–H and O–H groups in total. The summed E-state index contributed by atoms with van der Waals surface area (Å²) in [6.45, 7) is 2.48. The highest BCUT2D eigenvalue weighted by atomic mass is 35.5. The number of halogens is 2. The van der Waals surface area contributed by atoms with Crippen LogP contribution in [-0.2, 0) is 20.7 Å². The minimum absolute atomic E-state index is 0. The summed E-state index contributed by atoms with van der Waals surface area (Å²) in [5.41, 5.74) is 1.53. The molecular formula is C26H27ClFNO9. The van der Waals surface area contributed by atoms with Crippen LogP contribution in [-0.4, -0.2) is 74.1 Å². The number of rotatable bonds is 3. The van der Waals surface area contributed by atoms with E-state index in [0.29, 0.717) is 0 Å². The Morgan fingerprint density at radius 3 is 2.21 bits per heavy atom. The van der Waals surface area contributed by atoms with Gasteiger partial charge in [-0.25, -0.2) is 4.39 Å². The maximum Gasteiger partial charge on any atom is 0.198 e. The maximum absolute atomic E-state index is 15.9. The summed E-state index contributed by atoms with van der Waals surface area (Å²) in [7, 11) is 0. The topological polar surface area (TPSA) is 177 Å². The molecule has 0 spiro atoms. The monoisotopic (exact) mass is 551 g/mol. The molecule has 38 heavy (non-hydrogen) atoms. The van der Waals surface area contributed by atoms with Crippen LogP contribution in [0.5, 0.6) is 11.5 Å². The Bertz CT molecular complexity index is 1340. The third-order valence-electron chi connectivity index (χ3n) is 7.57. The van der Waals surface area contributed by atoms with E-state index in [0.717, 1.165) is 6.92 Å². The fraction of sp³-hybridized carbons (Fsp3) is 0.423. The van der Waals surface area contributed by atoms with Gasteiger partial charge in [-0.2, -0.15) is 0 Å². The Morgan fingerprint density at radius 1 is 1.13 bits per heavy atom. The van der Waals surface area contributed by atoms with Gasteiger partial charge in [0, 0.05) is 41.1 Å². The predicted molar refractivity (Wildman–Crippen MR) is 131 cm³/mol. The van der Waals surface area contributed by atoms with Crippen molar-refractivity contribution in [1.29, 1.82) is 0 Å². The number of hydrogen-bond donors (Lipinski definition) is 5. The lowest BCUT2D eigenvalue weighted by Gasteiger charge is -2.43. The van der Waals surface area contributed by atoms with E-state index in [2.05, 4.69) is 0 Å². The second-order valence-electron chi connectivity index (χ2n) is 9.82. The number of phenols is 2. The van der Waals surface area contributed by atoms with Crippen molar-refractivity contribution in [3.8, 4) is 11.5 Å². The highest BCUT2D eigenvalue weighted by Gasteiger charge is 2.56. The first-order valence-corrected chi connectivity index (χ1v) is 11.8. The molecule has 3 aliphatic rings. The van der Waals surface area contributed by atoms with E-state index in [1.165, 1.54) is 31.2 Å². The van der Waals surface area contributed by atoms with Gasteiger partial charge in [-0.15, -0.1) is 12.4 Å². The molecule has 1 saturated heterocycles. The Balaban J connectivity index is 0.00000336. The van der Waals surface area contributed by atoms with Crippen molar-refractivity contribution in [3.63, 3.8) is 0 Å². The van der Waals surface area contributed by atoms with Crippen LogP contribution in [0.2, 0.25) is 0 Å². The summed E-state index contributed by atoms with van der Waals surface area (Å²) in [6.07, 6.45) is -8.28. The number of hydrogen-bond acceptors (Lipinski definition) is 10. The molecule has 2 aliphatic carbocycles. The average molecular weight is 552 g/mol. The zero-order valence-electron chi connectivity index (χ0n) is 20.4. The van der Waals surface area contributed by atoms with Crippen LogP contribution < -0.4 is 5.73 Å². The number of phenolic OH excluding ortho intramolecular Hbond substituents is 2. The van der Waals surface area contributed by atoms with Gasteiger partial charge in [0.05, 0.1) is 23.3 Å². The van der Waals surface area contributed by atoms with E-state index in [1.54, 1.807) is 0 Å². The molecule has 0 saturated carbocycles. The van der Waals surface area contributed by atoms with Crippen molar-refractivity contribution in [2.24, 2.45) is 5.73 Å². The first-order valence-electron chi connectivity index (χ1n) is 11.8. The van der Waals surface area contributed by atoms with Gasteiger partial charge in [0.15, 0.2) is 35.4 Å². The van der Waals surface area contributed by atoms with E-state index < -0.39 is 88.8 Å². The number of carbonyl (C=O) groups excluding carboxylic acids is 3. The Labute approximate surface area is 222 Å². The second-order valence-corrected chi connectivity index (χ2v) is 9.82. The number of Topliss-reactive ketones (excluding diaryl/α,β-unsaturated/α-hetero) is 1. The second kappa shape index (κ2) is 9.67. The molecular weight excluding hydrogens is 525 g/mol. The Kier molecular flexibility index (Phi) is 7.15. The van der Waals surface area contributed by atoms with Crippen molar-refractivity contribution in [2.45, 2.75) is 69.1 Å². The molecule has 5 rings (SSSR count). The third-order valence-corrected chi connectivity index (χ3v) is 7.57. The van der Waals surface area contributed by atoms with E-state index >= 15 is 4.39 Å². The van der Waals surface area contributed by atoms with Crippen LogP contribution in [0.15, 0.2) is 24.3 Å². The van der Waals surface area contributed by atoms with E-state index in [1.807, 2.05) is 0 Å². The number of aliphatic hydroxyl groups is 2. The van der Waals surface area contributed by atoms with E-state index in [4.69, 9.17) is 15.2 Å². The summed E-state index contributed by atoms with van der Waals surface area (Å²) in [6, 6.07) is 5.04. The number of ether oxygens (including phenoxy) is 2. The van der Waals surface area contributed by atoms with Crippen LogP contribution in [0.4, 0.5) is 4.39 Å². The molecule has 0 bridgehead atoms. The Morgan fingerprint density at radius 2 is 1.68 bits per heavy atom. The summed E-state index contributed by atoms with van der Waals surface area (Å²) in [4.78, 5) is 39.0. The quantitative estimate of drug-likeness (QED) is 0.299. The summed E-state index contributed by atoms with van der Waals surface area (Å²) in [5, 5.41) is 43.6. The van der Waals surface area contributed by atoms with Gasteiger partial charge < -0.3 is 35.6 Å². The summed E-state index contributed by atoms with van der Waals surface area (Å²) < 4.78 is 27.3. The molecule has 2 aromatic carbocycles. The number of alkyl halides is 1. The van der Waals surface area contributed by atoms with Crippen molar-refractivity contribution < 1.29 is 48.7 Å². The molecule has 2 aromatic rings. The highest BCUT2D eigenvalue weighted by Crippen LogP contribution is 2.52. The summed E-state index contributed by atoms with van der Waals surface area (Å²) >= 11 is 0. The van der Waals surface area contributed by atoms with Gasteiger partial charge in [0.1, 0.15) is 17.6 Å². The standard InChI is InChI=1S/C26H26FNO9.ClH/c1-9-19(30)14(28)7-15(36-9)37-24-16-13(8-26(35,10(2)29)25(24)27)22(33)17-18(23(16)34)21(32)12-6-4-3-5-11(12)20(17)31;/h3-6,9,14-15,19,24-25,30,33-35H,7-8,28H2,1-2H3;1H/t9-,14-,15-,19+,24+,25+,26+;/m0./s1. The smallest absolute Gasteiger partial charge is 0.198 e. The first-order chi connectivity index (χ1) is 17.4. The molecule has 1 heterocycles. The van der Waals surface area contributed by atoms with Gasteiger partial charge >= 0.3 is 0 Å². The van der Waals surface area contributed by atoms with Crippen molar-refractivity contribution in [1.82, 2.24) is 0 Å². The number of fused-ring (bicyclic) bond motifs is 3. The molecule has 1 fully saturated rings. The SMILES string of the molecule is CC(=O)[C@]1(O)Cc2c(O)c3c(c(O)c2[C@@H](O[C@H]2C[C@H](N)[C@H](O)[C@H](C)O2)[C@H]1F)C(=O)c1ccccc1C3=O.Cl. The average Bonchev–Trinajstić information content (AvgIpc) is 2.85. The number of aromatic hydroxyl groups is 2. The van der Waals surface area contributed by atoms with Crippen LogP contribution in [0.1, 0.15) is 69.3 Å². The van der Waals surface area contributed by atoms with Gasteiger partial charge in [0.2, 0.25) is 0 Å². The van der Waals surface area contributed by atoms with Crippen LogP contribution >= 0.6 is 12.4 Å². The van der Waals surface area contributed by atoms with Crippen molar-refractivity contribution in [3.05, 3.63) is 57.6 Å². The first kappa shape index (κ1) is 28.1. The molecule has 1 aliphatic heterocycles. The zero-order valence-corrected chi connectivity index (χ0v) is 21.2. The van der Waals surface area contributed by atoms with Gasteiger partial charge in [-0.1, -0.05) is 24.3 Å². The molecule has 0 radical (unpaired) electrons. The van der Waals surface area contributed by atoms with E-state index in [9.17, 15) is 34.8 Å². The molecule has 10 nitrogen and oxygen atoms in total. The highest BCUT2D eigenvalue weighted by molar-refractivity contribution is 6.30. The minimum Gasteiger partial charge on any atom is -0.507 e. The fourth-order valence-corrected chi connectivity index (χ4v) is 5.42. The number of aliphatic hydroxyl groups excluding tert-OH is 1. The Hall–Kier alpha value is -2.93. The third kappa shape index (κ3) is 3.93. The van der Waals surface area contributed by atoms with Crippen LogP contribution in [0.3, 0.4) is 0 Å². The lowest BCUT2D eigenvalue weighted by Crippen LogP contribution is -2.56. The molecule has 7 atom stereocenters. The van der Waals surface area contributed by atoms with Crippen LogP contribution in [0, 0.1) is 0 Å². The molecule has 0 unspecified atom stereocenters. The molecule has 0 aromatic heterocycles. The van der Waals surface area contributed by atoms with E-state index in [-0.39, 0.29) is 41.1 Å². The zero-order chi connectivity index (χ0) is 27.0. The molecule has 12 heteroatoms. The fourth-order valence-electron chi connectivity index (χ4n) is 5.42. The van der Waals surface area contributed by atoms with Gasteiger partial charge in [-0.3, -0.25) is 14.4 Å². The van der Waals surface area contributed by atoms with Crippen LogP contribution in [0.25, 0.3) is 0 Å². The normalized spacial score (nSPS) is 32.1. The lowest BCUT2D eigenvalue weighted by molar-refractivity contribution is -0.258. The number of nitrogens with two attached hydrogens (primary N) is 1. The summed E-state index contributed by atoms with van der Waals surface area (Å²) in [5.74, 6) is -4.07. The van der Waals surface area contributed by atoms with Crippen molar-refractivity contribution >= 4 is 29.8 Å².